The molecule has 0 aromatic heterocycles. The number of phenolic OH excluding ortho intramolecular Hbond substituents is 1. The maximum absolute atomic E-state index is 12.5. The number of hydrogen-bond acceptors (Lipinski definition) is 7. The van der Waals surface area contributed by atoms with Crippen molar-refractivity contribution in [3.05, 3.63) is 94.6 Å². The highest BCUT2D eigenvalue weighted by Crippen LogP contribution is 2.42. The lowest BCUT2D eigenvalue weighted by Gasteiger charge is -2.17. The number of nitrogens with one attached hydrogen (secondary N) is 2. The number of phenols is 1. The number of rotatable bonds is 5. The Kier molecular flexibility index (Phi) is 6.26. The summed E-state index contributed by atoms with van der Waals surface area (Å²) in [6.45, 7) is 0. The van der Waals surface area contributed by atoms with E-state index in [1.807, 2.05) is 0 Å². The number of hydrogen-bond donors (Lipinski definition) is 5. The molecule has 0 saturated carbocycles. The highest BCUT2D eigenvalue weighted by Gasteiger charge is 2.22. The van der Waals surface area contributed by atoms with Gasteiger partial charge in [-0.1, -0.05) is 6.07 Å². The smallest absolute Gasteiger partial charge is 0.336 e. The molecule has 5 rings (SSSR count). The Hall–Kier alpha value is -5.20. The fraction of sp³-hybridized carbons (Fsp3) is 0. The third kappa shape index (κ3) is 5.14. The van der Waals surface area contributed by atoms with Crippen LogP contribution in [-0.2, 0) is 10.0 Å². The van der Waals surface area contributed by atoms with Crippen molar-refractivity contribution in [3.8, 4) is 28.2 Å². The first-order chi connectivity index (χ1) is 18.5. The van der Waals surface area contributed by atoms with Crippen LogP contribution < -0.4 is 21.2 Å². The summed E-state index contributed by atoms with van der Waals surface area (Å²) in [5.41, 5.74) is 1.49. The average Bonchev–Trinajstić information content (AvgIpc) is 2.87. The first kappa shape index (κ1) is 25.4. The average molecular weight is 546 g/mol. The number of sulfonamides is 1. The molecule has 3 aromatic rings. The van der Waals surface area contributed by atoms with Crippen LogP contribution in [0.3, 0.4) is 0 Å². The molecule has 12 heteroatoms. The number of anilines is 2. The largest absolute Gasteiger partial charge is 0.508 e. The van der Waals surface area contributed by atoms with E-state index in [9.17, 15) is 33.0 Å². The van der Waals surface area contributed by atoms with Crippen molar-refractivity contribution in [2.45, 2.75) is 4.90 Å². The van der Waals surface area contributed by atoms with Crippen molar-refractivity contribution < 1.29 is 32.6 Å². The maximum Gasteiger partial charge on any atom is 0.336 e. The van der Waals surface area contributed by atoms with Crippen LogP contribution in [0.5, 0.6) is 5.75 Å². The van der Waals surface area contributed by atoms with Crippen molar-refractivity contribution in [1.29, 1.82) is 0 Å². The first-order valence-corrected chi connectivity index (χ1v) is 12.8. The minimum Gasteiger partial charge on any atom is -0.508 e. The number of carbonyl (C=O) groups excluding carboxylic acids is 1. The monoisotopic (exact) mass is 545 g/mol. The lowest BCUT2D eigenvalue weighted by atomic mass is 9.90. The fourth-order valence-corrected chi connectivity index (χ4v) is 4.70. The van der Waals surface area contributed by atoms with Gasteiger partial charge in [-0.2, -0.15) is 0 Å². The summed E-state index contributed by atoms with van der Waals surface area (Å²) in [6, 6.07) is 17.3. The lowest BCUT2D eigenvalue weighted by molar-refractivity contribution is 0.0697. The van der Waals surface area contributed by atoms with E-state index in [0.717, 1.165) is 0 Å². The molecule has 196 valence electrons. The summed E-state index contributed by atoms with van der Waals surface area (Å²) in [6.07, 6.45) is 0. The van der Waals surface area contributed by atoms with Crippen LogP contribution in [0.15, 0.2) is 93.0 Å². The Bertz CT molecular complexity index is 1910. The number of urea groups is 1. The van der Waals surface area contributed by atoms with Gasteiger partial charge in [-0.3, -0.25) is 4.79 Å². The van der Waals surface area contributed by atoms with Gasteiger partial charge in [0.2, 0.25) is 10.0 Å². The van der Waals surface area contributed by atoms with Crippen molar-refractivity contribution in [2.75, 3.05) is 10.6 Å². The minimum atomic E-state index is -3.89. The van der Waals surface area contributed by atoms with E-state index in [0.29, 0.717) is 22.1 Å². The molecular weight excluding hydrogens is 526 g/mol. The number of carbonyl (C=O) groups is 2. The quantitative estimate of drug-likeness (QED) is 0.202. The molecule has 6 N–H and O–H groups in total. The lowest BCUT2D eigenvalue weighted by Crippen LogP contribution is -2.20. The van der Waals surface area contributed by atoms with Gasteiger partial charge in [0.05, 0.1) is 10.5 Å². The SMILES string of the molecule is NS(=O)(=O)c1ccc(NC(=O)Nc2ccc(-c3c4ccc(=O)cc-4oc4cc(O)ccc34)c(C(=O)O)c2)cc1. The Labute approximate surface area is 220 Å². The Balaban J connectivity index is 1.53. The minimum absolute atomic E-state index is 0.0712. The molecule has 11 nitrogen and oxygen atoms in total. The van der Waals surface area contributed by atoms with E-state index in [2.05, 4.69) is 10.6 Å². The summed E-state index contributed by atoms with van der Waals surface area (Å²) in [7, 11) is -3.89. The van der Waals surface area contributed by atoms with Gasteiger partial charge in [0.25, 0.3) is 0 Å². The number of aromatic carboxylic acids is 1. The molecule has 1 aliphatic carbocycles. The van der Waals surface area contributed by atoms with Gasteiger partial charge in [-0.05, 0) is 66.2 Å². The van der Waals surface area contributed by atoms with E-state index >= 15 is 0 Å². The third-order valence-corrected chi connectivity index (χ3v) is 6.82. The zero-order chi connectivity index (χ0) is 27.9. The van der Waals surface area contributed by atoms with Gasteiger partial charge in [-0.25, -0.2) is 23.1 Å². The van der Waals surface area contributed by atoms with Gasteiger partial charge >= 0.3 is 12.0 Å². The number of nitrogens with two attached hydrogens (primary N) is 1. The van der Waals surface area contributed by atoms with E-state index in [1.54, 1.807) is 6.07 Å². The Morgan fingerprint density at radius 2 is 1.49 bits per heavy atom. The summed E-state index contributed by atoms with van der Waals surface area (Å²) in [5.74, 6) is -1.13. The van der Waals surface area contributed by atoms with E-state index in [1.165, 1.54) is 72.8 Å². The molecule has 0 spiro atoms. The van der Waals surface area contributed by atoms with Gasteiger partial charge in [0.15, 0.2) is 5.43 Å². The highest BCUT2D eigenvalue weighted by atomic mass is 32.2. The molecule has 0 fully saturated rings. The molecule has 1 heterocycles. The molecule has 0 saturated heterocycles. The molecule has 1 aliphatic heterocycles. The highest BCUT2D eigenvalue weighted by molar-refractivity contribution is 7.89. The number of primary sulfonamides is 1. The van der Waals surface area contributed by atoms with Crippen LogP contribution in [-0.4, -0.2) is 30.6 Å². The van der Waals surface area contributed by atoms with Crippen molar-refractivity contribution in [1.82, 2.24) is 0 Å². The van der Waals surface area contributed by atoms with Gasteiger partial charge in [0.1, 0.15) is 17.1 Å². The summed E-state index contributed by atoms with van der Waals surface area (Å²) < 4.78 is 28.6. The predicted octanol–water partition coefficient (Wildman–Crippen LogP) is 4.26. The van der Waals surface area contributed by atoms with Crippen molar-refractivity contribution in [3.63, 3.8) is 0 Å². The van der Waals surface area contributed by atoms with Crippen molar-refractivity contribution >= 4 is 44.4 Å². The van der Waals surface area contributed by atoms with Crippen molar-refractivity contribution in [2.24, 2.45) is 5.14 Å². The van der Waals surface area contributed by atoms with Crippen LogP contribution in [0, 0.1) is 0 Å². The van der Waals surface area contributed by atoms with Gasteiger partial charge in [0, 0.05) is 40.0 Å². The van der Waals surface area contributed by atoms with Gasteiger partial charge < -0.3 is 25.3 Å². The summed E-state index contributed by atoms with van der Waals surface area (Å²) >= 11 is 0. The molecule has 0 atom stereocenters. The molecule has 3 aromatic carbocycles. The molecule has 0 bridgehead atoms. The zero-order valence-corrected chi connectivity index (χ0v) is 20.7. The summed E-state index contributed by atoms with van der Waals surface area (Å²) in [4.78, 5) is 36.7. The van der Waals surface area contributed by atoms with Gasteiger partial charge in [-0.15, -0.1) is 0 Å². The second kappa shape index (κ2) is 9.59. The predicted molar refractivity (Wildman–Crippen MR) is 144 cm³/mol. The topological polar surface area (TPSA) is 189 Å². The Morgan fingerprint density at radius 1 is 0.821 bits per heavy atom. The number of carboxylic acids is 1. The van der Waals surface area contributed by atoms with Crippen LogP contribution in [0.4, 0.5) is 16.2 Å². The number of aromatic hydroxyl groups is 1. The number of benzene rings is 4. The maximum atomic E-state index is 12.5. The second-order valence-corrected chi connectivity index (χ2v) is 10.1. The second-order valence-electron chi connectivity index (χ2n) is 8.53. The Morgan fingerprint density at radius 3 is 2.18 bits per heavy atom. The molecule has 2 amide bonds. The normalized spacial score (nSPS) is 11.4. The number of amides is 2. The molecule has 0 unspecified atom stereocenters. The zero-order valence-electron chi connectivity index (χ0n) is 19.8. The first-order valence-electron chi connectivity index (χ1n) is 11.3. The van der Waals surface area contributed by atoms with Crippen LogP contribution in [0.1, 0.15) is 10.4 Å². The number of carboxylic acid groups (broad SMARTS) is 1. The fourth-order valence-electron chi connectivity index (χ4n) is 4.19. The number of fused-ring (bicyclic) bond motifs is 2. The third-order valence-electron chi connectivity index (χ3n) is 5.89. The molecule has 0 radical (unpaired) electrons. The van der Waals surface area contributed by atoms with Crippen LogP contribution in [0.25, 0.3) is 33.4 Å². The van der Waals surface area contributed by atoms with E-state index < -0.39 is 22.0 Å². The standard InChI is InChI=1S/C27H19N3O8S/c28-39(36,37)18-6-1-14(2-7-18)29-27(35)30-15-3-8-19(22(11-15)26(33)34)25-20-9-4-16(31)12-23(20)38-24-13-17(32)5-10-21(24)25/h1-13,31H,(H,33,34)(H2,28,36,37)(H2,29,30,35). The van der Waals surface area contributed by atoms with E-state index in [-0.39, 0.29) is 44.4 Å². The molecule has 39 heavy (non-hydrogen) atoms. The van der Waals surface area contributed by atoms with E-state index in [4.69, 9.17) is 9.56 Å². The van der Waals surface area contributed by atoms with Crippen LogP contribution >= 0.6 is 0 Å². The van der Waals surface area contributed by atoms with Crippen LogP contribution in [0.2, 0.25) is 0 Å². The molecular formula is C27H19N3O8S. The molecule has 2 aliphatic rings. The summed E-state index contributed by atoms with van der Waals surface area (Å²) in [5, 5.41) is 30.6.